The second kappa shape index (κ2) is 7.10. The second-order valence-corrected chi connectivity index (χ2v) is 6.79. The summed E-state index contributed by atoms with van der Waals surface area (Å²) in [6.07, 6.45) is 6.83. The Morgan fingerprint density at radius 1 is 1.19 bits per heavy atom. The molecule has 2 aliphatic heterocycles. The van der Waals surface area contributed by atoms with Crippen molar-refractivity contribution in [2.75, 3.05) is 19.7 Å². The number of piperidine rings is 1. The van der Waals surface area contributed by atoms with E-state index >= 15 is 0 Å². The molecule has 0 aromatic rings. The first-order chi connectivity index (χ1) is 10.1. The zero-order chi connectivity index (χ0) is 15.3. The Labute approximate surface area is 129 Å². The molecule has 0 saturated carbocycles. The first kappa shape index (κ1) is 16.8. The number of rotatable bonds is 5. The minimum Gasteiger partial charge on any atom is -0.375 e. The first-order valence-corrected chi connectivity index (χ1v) is 8.75. The van der Waals surface area contributed by atoms with Gasteiger partial charge in [0.05, 0.1) is 11.0 Å². The normalized spacial score (nSPS) is 28.0. The maximum atomic E-state index is 12.8. The van der Waals surface area contributed by atoms with Gasteiger partial charge in [0.25, 0.3) is 0 Å². The van der Waals surface area contributed by atoms with Gasteiger partial charge in [0.2, 0.25) is 5.91 Å². The molecule has 1 amide bonds. The van der Waals surface area contributed by atoms with Crippen molar-refractivity contribution in [1.82, 2.24) is 10.6 Å². The lowest BCUT2D eigenvalue weighted by molar-refractivity contribution is -0.137. The summed E-state index contributed by atoms with van der Waals surface area (Å²) in [5.74, 6) is 0.277. The van der Waals surface area contributed by atoms with E-state index in [-0.39, 0.29) is 23.0 Å². The van der Waals surface area contributed by atoms with E-state index in [0.29, 0.717) is 0 Å². The Bertz CT molecular complexity index is 347. The summed E-state index contributed by atoms with van der Waals surface area (Å²) >= 11 is 0. The van der Waals surface area contributed by atoms with Gasteiger partial charge in [-0.1, -0.05) is 20.8 Å². The van der Waals surface area contributed by atoms with Crippen molar-refractivity contribution in [3.05, 3.63) is 0 Å². The molecule has 0 aromatic carbocycles. The van der Waals surface area contributed by atoms with Crippen LogP contribution >= 0.6 is 0 Å². The summed E-state index contributed by atoms with van der Waals surface area (Å²) in [5, 5.41) is 6.72. The Morgan fingerprint density at radius 3 is 2.43 bits per heavy atom. The van der Waals surface area contributed by atoms with Crippen LogP contribution in [-0.2, 0) is 9.53 Å². The fraction of sp³-hybridized carbons (Fsp3) is 0.941. The molecule has 0 aliphatic carbocycles. The lowest BCUT2D eigenvalue weighted by Gasteiger charge is -2.42. The highest BCUT2D eigenvalue weighted by Crippen LogP contribution is 2.35. The van der Waals surface area contributed by atoms with Crippen molar-refractivity contribution in [3.8, 4) is 0 Å². The molecule has 0 spiro atoms. The molecule has 0 radical (unpaired) electrons. The number of carbonyl (C=O) groups excluding carboxylic acids is 1. The van der Waals surface area contributed by atoms with Gasteiger partial charge in [-0.05, 0) is 58.0 Å². The molecule has 2 N–H and O–H groups in total. The largest absolute Gasteiger partial charge is 0.375 e. The van der Waals surface area contributed by atoms with Crippen molar-refractivity contribution in [2.24, 2.45) is 5.41 Å². The number of carbonyl (C=O) groups is 1. The smallest absolute Gasteiger partial charge is 0.226 e. The summed E-state index contributed by atoms with van der Waals surface area (Å²) in [6, 6.07) is 0.282. The molecule has 1 atom stereocenters. The van der Waals surface area contributed by atoms with E-state index in [1.54, 1.807) is 0 Å². The van der Waals surface area contributed by atoms with Gasteiger partial charge in [-0.15, -0.1) is 0 Å². The van der Waals surface area contributed by atoms with Gasteiger partial charge in [-0.3, -0.25) is 4.79 Å². The third-order valence-electron chi connectivity index (χ3n) is 5.84. The van der Waals surface area contributed by atoms with E-state index in [9.17, 15) is 4.79 Å². The third kappa shape index (κ3) is 3.59. The molecular weight excluding hydrogens is 264 g/mol. The van der Waals surface area contributed by atoms with Gasteiger partial charge in [-0.2, -0.15) is 0 Å². The zero-order valence-electron chi connectivity index (χ0n) is 14.0. The summed E-state index contributed by atoms with van der Waals surface area (Å²) in [6.45, 7) is 9.22. The number of hydrogen-bond acceptors (Lipinski definition) is 3. The molecule has 2 heterocycles. The van der Waals surface area contributed by atoms with Gasteiger partial charge in [-0.25, -0.2) is 0 Å². The maximum absolute atomic E-state index is 12.8. The third-order valence-corrected chi connectivity index (χ3v) is 5.84. The standard InChI is InChI=1S/C17H32N2O2/c1-4-16(8-10-18-11-9-16)15(20)19-14-7-12-21-17(5-2,6-3)13-14/h14,18H,4-13H2,1-3H3,(H,19,20). The Balaban J connectivity index is 1.98. The van der Waals surface area contributed by atoms with Crippen LogP contribution in [0, 0.1) is 5.41 Å². The van der Waals surface area contributed by atoms with Crippen molar-refractivity contribution in [3.63, 3.8) is 0 Å². The molecule has 2 saturated heterocycles. The van der Waals surface area contributed by atoms with E-state index in [2.05, 4.69) is 31.4 Å². The molecule has 2 aliphatic rings. The van der Waals surface area contributed by atoms with Crippen molar-refractivity contribution in [1.29, 1.82) is 0 Å². The highest BCUT2D eigenvalue weighted by atomic mass is 16.5. The van der Waals surface area contributed by atoms with Crippen molar-refractivity contribution < 1.29 is 9.53 Å². The molecule has 4 nitrogen and oxygen atoms in total. The molecular formula is C17H32N2O2. The minimum absolute atomic E-state index is 0.0241. The monoisotopic (exact) mass is 296 g/mol. The Hall–Kier alpha value is -0.610. The van der Waals surface area contributed by atoms with Gasteiger partial charge >= 0.3 is 0 Å². The predicted octanol–water partition coefficient (Wildman–Crippen LogP) is 2.62. The van der Waals surface area contributed by atoms with Crippen LogP contribution in [0.3, 0.4) is 0 Å². The fourth-order valence-electron chi connectivity index (χ4n) is 3.88. The van der Waals surface area contributed by atoms with Gasteiger partial charge in [0, 0.05) is 12.6 Å². The van der Waals surface area contributed by atoms with Crippen LogP contribution in [-0.4, -0.2) is 37.2 Å². The fourth-order valence-corrected chi connectivity index (χ4v) is 3.88. The quantitative estimate of drug-likeness (QED) is 0.820. The number of hydrogen-bond donors (Lipinski definition) is 2. The van der Waals surface area contributed by atoms with Crippen LogP contribution in [0.1, 0.15) is 65.7 Å². The van der Waals surface area contributed by atoms with E-state index in [1.807, 2.05) is 0 Å². The minimum atomic E-state index is -0.148. The molecule has 0 bridgehead atoms. The molecule has 2 fully saturated rings. The van der Waals surface area contributed by atoms with Crippen molar-refractivity contribution >= 4 is 5.91 Å². The zero-order valence-corrected chi connectivity index (χ0v) is 14.0. The van der Waals surface area contributed by atoms with Gasteiger partial charge in [0.1, 0.15) is 0 Å². The molecule has 1 unspecified atom stereocenters. The molecule has 2 rings (SSSR count). The van der Waals surface area contributed by atoms with Crippen LogP contribution in [0.2, 0.25) is 0 Å². The molecule has 122 valence electrons. The summed E-state index contributed by atoms with van der Waals surface area (Å²) in [5.41, 5.74) is -0.172. The molecule has 21 heavy (non-hydrogen) atoms. The summed E-state index contributed by atoms with van der Waals surface area (Å²) in [7, 11) is 0. The van der Waals surface area contributed by atoms with Crippen molar-refractivity contribution in [2.45, 2.75) is 77.4 Å². The highest BCUT2D eigenvalue weighted by Gasteiger charge is 2.41. The first-order valence-electron chi connectivity index (χ1n) is 8.75. The average molecular weight is 296 g/mol. The number of amides is 1. The summed E-state index contributed by atoms with van der Waals surface area (Å²) < 4.78 is 6.01. The Kier molecular flexibility index (Phi) is 5.67. The Morgan fingerprint density at radius 2 is 1.86 bits per heavy atom. The van der Waals surface area contributed by atoms with Gasteiger partial charge < -0.3 is 15.4 Å². The van der Waals surface area contributed by atoms with Crippen LogP contribution in [0.5, 0.6) is 0 Å². The number of ether oxygens (including phenoxy) is 1. The van der Waals surface area contributed by atoms with Gasteiger partial charge in [0.15, 0.2) is 0 Å². The number of nitrogens with one attached hydrogen (secondary N) is 2. The SMILES string of the molecule is CCC1(CC)CC(NC(=O)C2(CC)CCNCC2)CCO1. The van der Waals surface area contributed by atoms with Crippen LogP contribution < -0.4 is 10.6 Å². The lowest BCUT2D eigenvalue weighted by Crippen LogP contribution is -2.53. The van der Waals surface area contributed by atoms with Crippen LogP contribution in [0.15, 0.2) is 0 Å². The molecule has 0 aromatic heterocycles. The second-order valence-electron chi connectivity index (χ2n) is 6.79. The van der Waals surface area contributed by atoms with E-state index in [4.69, 9.17) is 4.74 Å². The van der Waals surface area contributed by atoms with Crippen LogP contribution in [0.25, 0.3) is 0 Å². The van der Waals surface area contributed by atoms with Crippen LogP contribution in [0.4, 0.5) is 0 Å². The lowest BCUT2D eigenvalue weighted by atomic mass is 9.75. The maximum Gasteiger partial charge on any atom is 0.226 e. The predicted molar refractivity (Wildman–Crippen MR) is 85.3 cm³/mol. The van der Waals surface area contributed by atoms with E-state index in [1.165, 1.54) is 0 Å². The highest BCUT2D eigenvalue weighted by molar-refractivity contribution is 5.83. The van der Waals surface area contributed by atoms with E-state index < -0.39 is 0 Å². The summed E-state index contributed by atoms with van der Waals surface area (Å²) in [4.78, 5) is 12.8. The van der Waals surface area contributed by atoms with E-state index in [0.717, 1.165) is 64.6 Å². The topological polar surface area (TPSA) is 50.4 Å². The molecule has 4 heteroatoms. The average Bonchev–Trinajstić information content (AvgIpc) is 2.55.